The van der Waals surface area contributed by atoms with E-state index >= 15 is 0 Å². The number of hydrogen-bond donors (Lipinski definition) is 1. The van der Waals surface area contributed by atoms with Gasteiger partial charge in [-0.15, -0.1) is 0 Å². The number of halogens is 1. The molecule has 0 spiro atoms. The van der Waals surface area contributed by atoms with E-state index in [1.807, 2.05) is 49.6 Å². The summed E-state index contributed by atoms with van der Waals surface area (Å²) in [6.07, 6.45) is 3.59. The molecule has 0 aliphatic rings. The van der Waals surface area contributed by atoms with Crippen LogP contribution in [0.1, 0.15) is 17.4 Å². The van der Waals surface area contributed by atoms with Gasteiger partial charge in [-0.2, -0.15) is 0 Å². The topological polar surface area (TPSA) is 38.1 Å². The maximum atomic E-state index is 5.99. The second kappa shape index (κ2) is 5.03. The lowest BCUT2D eigenvalue weighted by atomic mass is 10.1. The van der Waals surface area contributed by atoms with E-state index in [0.717, 1.165) is 22.3 Å². The summed E-state index contributed by atoms with van der Waals surface area (Å²) in [7, 11) is 1.90. The fourth-order valence-corrected chi connectivity index (χ4v) is 2.38. The average molecular weight is 273 g/mol. The first-order chi connectivity index (χ1) is 9.28. The number of benzene rings is 1. The van der Waals surface area contributed by atoms with Crippen LogP contribution < -0.4 is 5.32 Å². The summed E-state index contributed by atoms with van der Waals surface area (Å²) >= 11 is 5.99. The van der Waals surface area contributed by atoms with Crippen LogP contribution in [0.2, 0.25) is 5.02 Å². The average Bonchev–Trinajstić information content (AvgIpc) is 2.83. The third kappa shape index (κ3) is 2.35. The largest absolute Gasteiger partial charge is 0.459 e. The van der Waals surface area contributed by atoms with Gasteiger partial charge in [0.25, 0.3) is 0 Å². The van der Waals surface area contributed by atoms with Crippen LogP contribution in [-0.2, 0) is 0 Å². The van der Waals surface area contributed by atoms with Gasteiger partial charge in [0.2, 0.25) is 0 Å². The molecule has 0 fully saturated rings. The number of fused-ring (bicyclic) bond motifs is 1. The zero-order valence-electron chi connectivity index (χ0n) is 10.4. The summed E-state index contributed by atoms with van der Waals surface area (Å²) in [4.78, 5) is 4.14. The summed E-state index contributed by atoms with van der Waals surface area (Å²) in [5.41, 5.74) is 1.90. The molecule has 2 aromatic heterocycles. The van der Waals surface area contributed by atoms with Crippen LogP contribution in [0.3, 0.4) is 0 Å². The molecule has 3 rings (SSSR count). The molecule has 1 aromatic carbocycles. The van der Waals surface area contributed by atoms with Crippen molar-refractivity contribution in [3.63, 3.8) is 0 Å². The predicted molar refractivity (Wildman–Crippen MR) is 76.4 cm³/mol. The molecule has 0 amide bonds. The molecule has 3 aromatic rings. The standard InChI is InChI=1S/C15H13ClN2O/c1-17-15(10-3-2-6-18-9-10)14-8-11-7-12(16)4-5-13(11)19-14/h2-9,15,17H,1H3. The lowest BCUT2D eigenvalue weighted by Crippen LogP contribution is -2.16. The van der Waals surface area contributed by atoms with Crippen molar-refractivity contribution in [2.45, 2.75) is 6.04 Å². The third-order valence-corrected chi connectivity index (χ3v) is 3.32. The molecule has 0 aliphatic carbocycles. The fraction of sp³-hybridized carbons (Fsp3) is 0.133. The van der Waals surface area contributed by atoms with Crippen LogP contribution in [-0.4, -0.2) is 12.0 Å². The molecule has 4 heteroatoms. The summed E-state index contributed by atoms with van der Waals surface area (Å²) < 4.78 is 5.88. The zero-order valence-corrected chi connectivity index (χ0v) is 11.2. The highest BCUT2D eigenvalue weighted by atomic mass is 35.5. The molecule has 96 valence electrons. The molecule has 0 bridgehead atoms. The normalized spacial score (nSPS) is 12.7. The molecule has 3 nitrogen and oxygen atoms in total. The highest BCUT2D eigenvalue weighted by Gasteiger charge is 2.16. The van der Waals surface area contributed by atoms with Crippen molar-refractivity contribution in [3.8, 4) is 0 Å². The first-order valence-corrected chi connectivity index (χ1v) is 6.42. The summed E-state index contributed by atoms with van der Waals surface area (Å²) in [6, 6.07) is 11.6. The summed E-state index contributed by atoms with van der Waals surface area (Å²) in [5, 5.41) is 4.96. The van der Waals surface area contributed by atoms with Gasteiger partial charge in [-0.3, -0.25) is 4.98 Å². The minimum absolute atomic E-state index is 0.0140. The fourth-order valence-electron chi connectivity index (χ4n) is 2.20. The van der Waals surface area contributed by atoms with Gasteiger partial charge >= 0.3 is 0 Å². The highest BCUT2D eigenvalue weighted by Crippen LogP contribution is 2.29. The van der Waals surface area contributed by atoms with Gasteiger partial charge in [0.1, 0.15) is 11.3 Å². The van der Waals surface area contributed by atoms with Crippen molar-refractivity contribution < 1.29 is 4.42 Å². The van der Waals surface area contributed by atoms with E-state index in [1.165, 1.54) is 0 Å². The van der Waals surface area contributed by atoms with Gasteiger partial charge < -0.3 is 9.73 Å². The van der Waals surface area contributed by atoms with Crippen LogP contribution in [0.4, 0.5) is 0 Å². The number of rotatable bonds is 3. The van der Waals surface area contributed by atoms with E-state index in [9.17, 15) is 0 Å². The van der Waals surface area contributed by atoms with Crippen molar-refractivity contribution in [1.82, 2.24) is 10.3 Å². The van der Waals surface area contributed by atoms with Gasteiger partial charge in [-0.05, 0) is 42.9 Å². The van der Waals surface area contributed by atoms with Crippen molar-refractivity contribution >= 4 is 22.6 Å². The van der Waals surface area contributed by atoms with Crippen LogP contribution in [0.5, 0.6) is 0 Å². The van der Waals surface area contributed by atoms with Crippen LogP contribution in [0, 0.1) is 0 Å². The number of aromatic nitrogens is 1. The smallest absolute Gasteiger partial charge is 0.134 e. The van der Waals surface area contributed by atoms with Gasteiger partial charge in [-0.25, -0.2) is 0 Å². The zero-order chi connectivity index (χ0) is 13.2. The maximum absolute atomic E-state index is 5.99. The predicted octanol–water partition coefficient (Wildman–Crippen LogP) is 3.79. The monoisotopic (exact) mass is 272 g/mol. The Morgan fingerprint density at radius 2 is 2.16 bits per heavy atom. The van der Waals surface area contributed by atoms with Crippen LogP contribution in [0.25, 0.3) is 11.0 Å². The number of pyridine rings is 1. The van der Waals surface area contributed by atoms with Crippen molar-refractivity contribution in [3.05, 3.63) is 65.1 Å². The number of hydrogen-bond acceptors (Lipinski definition) is 3. The first kappa shape index (κ1) is 12.2. The minimum Gasteiger partial charge on any atom is -0.459 e. The van der Waals surface area contributed by atoms with Gasteiger partial charge in [-0.1, -0.05) is 17.7 Å². The summed E-state index contributed by atoms with van der Waals surface area (Å²) in [6.45, 7) is 0. The van der Waals surface area contributed by atoms with Gasteiger partial charge in [0.05, 0.1) is 6.04 Å². The molecule has 0 radical (unpaired) electrons. The highest BCUT2D eigenvalue weighted by molar-refractivity contribution is 6.31. The third-order valence-electron chi connectivity index (χ3n) is 3.09. The molecule has 2 heterocycles. The van der Waals surface area contributed by atoms with E-state index in [2.05, 4.69) is 10.3 Å². The Morgan fingerprint density at radius 3 is 2.89 bits per heavy atom. The Hall–Kier alpha value is -1.84. The first-order valence-electron chi connectivity index (χ1n) is 6.04. The Kier molecular flexibility index (Phi) is 3.23. The molecule has 1 unspecified atom stereocenters. The van der Waals surface area contributed by atoms with E-state index in [0.29, 0.717) is 5.02 Å². The van der Waals surface area contributed by atoms with Crippen molar-refractivity contribution in [2.24, 2.45) is 0 Å². The van der Waals surface area contributed by atoms with Crippen molar-refractivity contribution in [1.29, 1.82) is 0 Å². The van der Waals surface area contributed by atoms with Crippen LogP contribution >= 0.6 is 11.6 Å². The Labute approximate surface area is 116 Å². The molecule has 0 saturated heterocycles. The quantitative estimate of drug-likeness (QED) is 0.788. The second-order valence-electron chi connectivity index (χ2n) is 4.34. The lowest BCUT2D eigenvalue weighted by Gasteiger charge is -2.12. The van der Waals surface area contributed by atoms with E-state index in [1.54, 1.807) is 6.20 Å². The molecule has 1 N–H and O–H groups in total. The molecule has 1 atom stereocenters. The number of nitrogens with zero attached hydrogens (tertiary/aromatic N) is 1. The molecule has 0 aliphatic heterocycles. The number of nitrogens with one attached hydrogen (secondary N) is 1. The van der Waals surface area contributed by atoms with Gasteiger partial charge in [0.15, 0.2) is 0 Å². The maximum Gasteiger partial charge on any atom is 0.134 e. The van der Waals surface area contributed by atoms with Crippen LogP contribution in [0.15, 0.2) is 53.2 Å². The molecule has 19 heavy (non-hydrogen) atoms. The Bertz CT molecular complexity index is 694. The van der Waals surface area contributed by atoms with Gasteiger partial charge in [0, 0.05) is 22.8 Å². The number of furan rings is 1. The summed E-state index contributed by atoms with van der Waals surface area (Å²) in [5.74, 6) is 0.854. The molecular weight excluding hydrogens is 260 g/mol. The van der Waals surface area contributed by atoms with E-state index in [-0.39, 0.29) is 6.04 Å². The Morgan fingerprint density at radius 1 is 1.26 bits per heavy atom. The molecule has 0 saturated carbocycles. The molecular formula is C15H13ClN2O. The second-order valence-corrected chi connectivity index (χ2v) is 4.78. The van der Waals surface area contributed by atoms with E-state index in [4.69, 9.17) is 16.0 Å². The lowest BCUT2D eigenvalue weighted by molar-refractivity contribution is 0.491. The van der Waals surface area contributed by atoms with Crippen molar-refractivity contribution in [2.75, 3.05) is 7.05 Å². The van der Waals surface area contributed by atoms with E-state index < -0.39 is 0 Å². The SMILES string of the molecule is CNC(c1cccnc1)c1cc2cc(Cl)ccc2o1. The Balaban J connectivity index is 2.07. The minimum atomic E-state index is -0.0140.